The van der Waals surface area contributed by atoms with Crippen LogP contribution < -0.4 is 21.3 Å². The summed E-state index contributed by atoms with van der Waals surface area (Å²) in [6.07, 6.45) is -11.9. The third kappa shape index (κ3) is 6.22. The Bertz CT molecular complexity index is 1680. The van der Waals surface area contributed by atoms with Crippen LogP contribution in [0.5, 0.6) is 0 Å². The van der Waals surface area contributed by atoms with Gasteiger partial charge >= 0.3 is 37.7 Å². The number of ether oxygens (including phenoxy) is 2. The molecule has 6 heterocycles. The van der Waals surface area contributed by atoms with E-state index in [0.717, 1.165) is 25.3 Å². The number of carbonyl (C=O) groups excluding carboxylic acids is 2. The standard InChI is InChI=1S/2C11H12N4O7.Ca/c2*16-4-5(17)10(22-7(4)6(18)11(20)21)15-2-14-3-8(15)12-1-13-9(3)19;/h2*1-2,4-7,10,16-18H,(H,20,21)(H,12,13,19);/q;;+2/p-2/t2*4-,5+,6?,7-,10+;/m00./s1. The van der Waals surface area contributed by atoms with Crippen LogP contribution in [0.25, 0.3) is 22.3 Å². The number of carbonyl (C=O) groups is 2. The van der Waals surface area contributed by atoms with Crippen LogP contribution in [-0.2, 0) is 19.1 Å². The molecule has 45 heavy (non-hydrogen) atoms. The van der Waals surface area contributed by atoms with Gasteiger partial charge in [-0.1, -0.05) is 0 Å². The van der Waals surface area contributed by atoms with Crippen molar-refractivity contribution < 1.29 is 59.9 Å². The Kier molecular flexibility index (Phi) is 10.3. The van der Waals surface area contributed by atoms with Gasteiger partial charge in [-0.2, -0.15) is 0 Å². The number of H-pyrrole nitrogens is 2. The molecule has 4 aromatic heterocycles. The van der Waals surface area contributed by atoms with E-state index in [2.05, 4.69) is 29.9 Å². The Morgan fingerprint density at radius 2 is 1.07 bits per heavy atom. The van der Waals surface area contributed by atoms with Crippen LogP contribution in [0.1, 0.15) is 12.5 Å². The smallest absolute Gasteiger partial charge is 0.547 e. The van der Waals surface area contributed by atoms with Gasteiger partial charge in [0, 0.05) is 0 Å². The van der Waals surface area contributed by atoms with Gasteiger partial charge in [-0.25, -0.2) is 19.9 Å². The van der Waals surface area contributed by atoms with Crippen molar-refractivity contribution >= 4 is 72.0 Å². The minimum Gasteiger partial charge on any atom is -0.547 e. The molecule has 236 valence electrons. The number of imidazole rings is 2. The molecule has 22 nitrogen and oxygen atoms in total. The van der Waals surface area contributed by atoms with Crippen LogP contribution in [0.2, 0.25) is 0 Å². The van der Waals surface area contributed by atoms with E-state index in [9.17, 15) is 60.0 Å². The summed E-state index contributed by atoms with van der Waals surface area (Å²) in [5.74, 6) is -3.69. The molecule has 2 unspecified atom stereocenters. The molecular formula is C22H22CaN8O14. The Morgan fingerprint density at radius 1 is 0.711 bits per heavy atom. The van der Waals surface area contributed by atoms with E-state index in [1.807, 2.05) is 0 Å². The van der Waals surface area contributed by atoms with Crippen LogP contribution in [0, 0.1) is 0 Å². The number of aromatic nitrogens is 8. The minimum atomic E-state index is -2.12. The zero-order valence-corrected chi connectivity index (χ0v) is 24.6. The summed E-state index contributed by atoms with van der Waals surface area (Å²) in [5.41, 5.74) is -0.910. The Labute approximate surface area is 277 Å². The predicted molar refractivity (Wildman–Crippen MR) is 136 cm³/mol. The molecule has 0 saturated carbocycles. The van der Waals surface area contributed by atoms with E-state index in [0.29, 0.717) is 0 Å². The first-order valence-corrected chi connectivity index (χ1v) is 12.4. The first-order chi connectivity index (χ1) is 20.8. The molecule has 0 spiro atoms. The van der Waals surface area contributed by atoms with Gasteiger partial charge in [-0.05, 0) is 0 Å². The number of nitrogens with one attached hydrogen (secondary N) is 2. The Balaban J connectivity index is 0.000000200. The molecule has 4 aromatic rings. The van der Waals surface area contributed by atoms with Crippen LogP contribution in [0.4, 0.5) is 0 Å². The SMILES string of the molecule is O=C([O-])C(O)[C@H]1O[C@@H](n2cnc3c(=O)[nH]cnc32)[C@H](O)[C@@H]1O.O=C([O-])C(O)[C@H]1O[C@@H](n2cnc3c(=O)[nH]cnc32)[C@H](O)[C@@H]1O.[Ca+2]. The first-order valence-electron chi connectivity index (χ1n) is 12.4. The average Bonchev–Trinajstić information content (AvgIpc) is 3.75. The topological polar surface area (TPSA) is 347 Å². The Morgan fingerprint density at radius 3 is 1.40 bits per heavy atom. The summed E-state index contributed by atoms with van der Waals surface area (Å²) in [7, 11) is 0. The van der Waals surface area contributed by atoms with E-state index in [1.165, 1.54) is 9.13 Å². The van der Waals surface area contributed by atoms with Gasteiger partial charge in [0.2, 0.25) is 0 Å². The van der Waals surface area contributed by atoms with Gasteiger partial charge in [-0.15, -0.1) is 0 Å². The van der Waals surface area contributed by atoms with Crippen molar-refractivity contribution in [3.63, 3.8) is 0 Å². The molecular weight excluding hydrogens is 640 g/mol. The molecule has 2 saturated heterocycles. The minimum absolute atomic E-state index is 0. The van der Waals surface area contributed by atoms with E-state index >= 15 is 0 Å². The van der Waals surface area contributed by atoms with Crippen molar-refractivity contribution in [1.29, 1.82) is 0 Å². The maximum Gasteiger partial charge on any atom is 2.00 e. The van der Waals surface area contributed by atoms with Crippen LogP contribution in [-0.4, -0.2) is 168 Å². The second-order valence-corrected chi connectivity index (χ2v) is 9.58. The molecule has 2 aliphatic heterocycles. The summed E-state index contributed by atoms with van der Waals surface area (Å²) < 4.78 is 12.7. The van der Waals surface area contributed by atoms with Crippen LogP contribution in [0.3, 0.4) is 0 Å². The van der Waals surface area contributed by atoms with Crippen LogP contribution >= 0.6 is 0 Å². The summed E-state index contributed by atoms with van der Waals surface area (Å²) in [5, 5.41) is 79.9. The number of carboxylic acids is 2. The molecule has 0 aliphatic carbocycles. The zero-order chi connectivity index (χ0) is 32.0. The third-order valence-corrected chi connectivity index (χ3v) is 6.93. The second kappa shape index (κ2) is 13.5. The number of carboxylic acid groups (broad SMARTS) is 2. The van der Waals surface area contributed by atoms with Crippen molar-refractivity contribution in [2.75, 3.05) is 0 Å². The molecule has 23 heteroatoms. The molecule has 2 fully saturated rings. The number of aliphatic hydroxyl groups excluding tert-OH is 6. The molecule has 0 radical (unpaired) electrons. The fraction of sp³-hybridized carbons (Fsp3) is 0.455. The van der Waals surface area contributed by atoms with Crippen molar-refractivity contribution in [1.82, 2.24) is 39.0 Å². The molecule has 8 N–H and O–H groups in total. The maximum absolute atomic E-state index is 11.6. The van der Waals surface area contributed by atoms with Gasteiger partial charge in [0.1, 0.15) is 48.8 Å². The second-order valence-electron chi connectivity index (χ2n) is 9.58. The number of aliphatic carboxylic acids is 2. The van der Waals surface area contributed by atoms with Gasteiger partial charge in [0.15, 0.2) is 34.8 Å². The summed E-state index contributed by atoms with van der Waals surface area (Å²) in [6, 6.07) is 0. The number of aliphatic hydroxyl groups is 6. The monoisotopic (exact) mass is 662 g/mol. The Hall–Kier alpha value is -3.42. The van der Waals surface area contributed by atoms with Gasteiger partial charge in [-0.3, -0.25) is 18.7 Å². The van der Waals surface area contributed by atoms with Crippen molar-refractivity contribution in [2.45, 2.75) is 61.3 Å². The van der Waals surface area contributed by atoms with Crippen molar-refractivity contribution in [3.8, 4) is 0 Å². The molecule has 2 aliphatic rings. The average molecular weight is 663 g/mol. The number of rotatable bonds is 6. The van der Waals surface area contributed by atoms with E-state index < -0.39 is 84.3 Å². The van der Waals surface area contributed by atoms with Crippen molar-refractivity contribution in [2.24, 2.45) is 0 Å². The number of hydrogen-bond donors (Lipinski definition) is 8. The largest absolute Gasteiger partial charge is 2.00 e. The first kappa shape index (κ1) is 34.5. The molecule has 10 atom stereocenters. The van der Waals surface area contributed by atoms with E-state index in [4.69, 9.17) is 9.47 Å². The fourth-order valence-corrected chi connectivity index (χ4v) is 4.72. The van der Waals surface area contributed by atoms with E-state index in [1.54, 1.807) is 0 Å². The van der Waals surface area contributed by atoms with Gasteiger partial charge in [0.25, 0.3) is 11.1 Å². The number of fused-ring (bicyclic) bond motifs is 2. The van der Waals surface area contributed by atoms with Crippen LogP contribution in [0.15, 0.2) is 34.9 Å². The molecule has 0 amide bonds. The zero-order valence-electron chi connectivity index (χ0n) is 22.4. The predicted octanol–water partition coefficient (Wildman–Crippen LogP) is -8.68. The third-order valence-electron chi connectivity index (χ3n) is 6.93. The van der Waals surface area contributed by atoms with Gasteiger partial charge in [0.05, 0.1) is 37.2 Å². The number of hydrogen-bond acceptors (Lipinski definition) is 18. The molecule has 0 bridgehead atoms. The quantitative estimate of drug-likeness (QED) is 0.0888. The van der Waals surface area contributed by atoms with Gasteiger partial charge < -0.3 is 69.9 Å². The number of nitrogens with zero attached hydrogens (tertiary/aromatic N) is 6. The molecule has 6 rings (SSSR count). The van der Waals surface area contributed by atoms with Crippen molar-refractivity contribution in [3.05, 3.63) is 46.0 Å². The summed E-state index contributed by atoms with van der Waals surface area (Å²) in [4.78, 5) is 64.5. The fourth-order valence-electron chi connectivity index (χ4n) is 4.72. The summed E-state index contributed by atoms with van der Waals surface area (Å²) >= 11 is 0. The maximum atomic E-state index is 11.6. The van der Waals surface area contributed by atoms with E-state index in [-0.39, 0.29) is 60.1 Å². The number of aromatic amines is 2. The molecule has 0 aromatic carbocycles. The normalized spacial score (nSPS) is 29.1. The summed E-state index contributed by atoms with van der Waals surface area (Å²) in [6.45, 7) is 0.